The summed E-state index contributed by atoms with van der Waals surface area (Å²) in [6.45, 7) is 4.35. The van der Waals surface area contributed by atoms with Crippen LogP contribution in [-0.4, -0.2) is 36.1 Å². The number of likely N-dealkylation sites (N-methyl/N-ethyl adjacent to an activating group) is 1. The van der Waals surface area contributed by atoms with E-state index >= 15 is 0 Å². The second kappa shape index (κ2) is 6.16. The van der Waals surface area contributed by atoms with Crippen LogP contribution in [0.25, 0.3) is 0 Å². The van der Waals surface area contributed by atoms with E-state index in [4.69, 9.17) is 10.5 Å². The van der Waals surface area contributed by atoms with E-state index in [9.17, 15) is 0 Å². The highest BCUT2D eigenvalue weighted by Crippen LogP contribution is 2.29. The van der Waals surface area contributed by atoms with Gasteiger partial charge in [0.05, 0.1) is 13.2 Å². The fourth-order valence-electron chi connectivity index (χ4n) is 2.76. The van der Waals surface area contributed by atoms with Crippen molar-refractivity contribution in [1.82, 2.24) is 9.88 Å². The third-order valence-corrected chi connectivity index (χ3v) is 3.75. The summed E-state index contributed by atoms with van der Waals surface area (Å²) in [5.74, 6) is 0.656. The van der Waals surface area contributed by atoms with Crippen molar-refractivity contribution in [3.05, 3.63) is 23.9 Å². The zero-order valence-electron chi connectivity index (χ0n) is 11.3. The molecule has 1 aliphatic rings. The molecule has 1 aromatic rings. The van der Waals surface area contributed by atoms with E-state index in [0.717, 1.165) is 19.5 Å². The van der Waals surface area contributed by atoms with Gasteiger partial charge in [0.1, 0.15) is 0 Å². The molecule has 4 heteroatoms. The Hall–Kier alpha value is -1.13. The molecular weight excluding hydrogens is 226 g/mol. The standard InChI is InChI=1S/C14H23N3O/c1-3-17-9-5-4-6-12(15)14(17)11-7-8-13(18-2)16-10-11/h7-8,10,12,14H,3-6,9,15H2,1-2H3. The first-order valence-electron chi connectivity index (χ1n) is 6.75. The summed E-state index contributed by atoms with van der Waals surface area (Å²) in [6, 6.07) is 4.49. The molecule has 1 fully saturated rings. The van der Waals surface area contributed by atoms with E-state index in [1.54, 1.807) is 7.11 Å². The van der Waals surface area contributed by atoms with Gasteiger partial charge in [-0.1, -0.05) is 19.4 Å². The molecule has 2 N–H and O–H groups in total. The average Bonchev–Trinajstić information content (AvgIpc) is 2.60. The summed E-state index contributed by atoms with van der Waals surface area (Å²) in [5, 5.41) is 0. The Kier molecular flexibility index (Phi) is 4.55. The molecule has 18 heavy (non-hydrogen) atoms. The summed E-state index contributed by atoms with van der Waals surface area (Å²) in [5.41, 5.74) is 7.55. The van der Waals surface area contributed by atoms with Gasteiger partial charge in [0.2, 0.25) is 5.88 Å². The van der Waals surface area contributed by atoms with Gasteiger partial charge in [0.15, 0.2) is 0 Å². The predicted molar refractivity (Wildman–Crippen MR) is 72.6 cm³/mol. The van der Waals surface area contributed by atoms with Crippen LogP contribution >= 0.6 is 0 Å². The predicted octanol–water partition coefficient (Wildman–Crippen LogP) is 1.96. The number of hydrogen-bond donors (Lipinski definition) is 1. The van der Waals surface area contributed by atoms with Crippen molar-refractivity contribution in [2.75, 3.05) is 20.2 Å². The van der Waals surface area contributed by atoms with Crippen LogP contribution in [-0.2, 0) is 0 Å². The first-order valence-corrected chi connectivity index (χ1v) is 6.75. The van der Waals surface area contributed by atoms with Gasteiger partial charge in [-0.05, 0) is 31.5 Å². The van der Waals surface area contributed by atoms with Gasteiger partial charge >= 0.3 is 0 Å². The molecule has 0 amide bonds. The summed E-state index contributed by atoms with van der Waals surface area (Å²) < 4.78 is 5.11. The van der Waals surface area contributed by atoms with Crippen LogP contribution in [0.4, 0.5) is 0 Å². The Morgan fingerprint density at radius 1 is 1.44 bits per heavy atom. The SMILES string of the molecule is CCN1CCCCC(N)C1c1ccc(OC)nc1. The topological polar surface area (TPSA) is 51.4 Å². The zero-order valence-corrected chi connectivity index (χ0v) is 11.3. The van der Waals surface area contributed by atoms with E-state index in [2.05, 4.69) is 22.9 Å². The molecule has 0 radical (unpaired) electrons. The van der Waals surface area contributed by atoms with Crippen molar-refractivity contribution in [1.29, 1.82) is 0 Å². The number of pyridine rings is 1. The van der Waals surface area contributed by atoms with Crippen LogP contribution in [0, 0.1) is 0 Å². The van der Waals surface area contributed by atoms with Gasteiger partial charge in [-0.3, -0.25) is 4.90 Å². The second-order valence-electron chi connectivity index (χ2n) is 4.87. The van der Waals surface area contributed by atoms with Gasteiger partial charge < -0.3 is 10.5 Å². The molecule has 2 heterocycles. The summed E-state index contributed by atoms with van der Waals surface area (Å²) in [4.78, 5) is 6.76. The van der Waals surface area contributed by atoms with Gasteiger partial charge in [0, 0.05) is 18.3 Å². The van der Waals surface area contributed by atoms with E-state index in [1.165, 1.54) is 18.4 Å². The molecule has 2 rings (SSSR count). The Bertz CT molecular complexity index is 366. The third kappa shape index (κ3) is 2.82. The lowest BCUT2D eigenvalue weighted by Crippen LogP contribution is -2.39. The zero-order chi connectivity index (χ0) is 13.0. The van der Waals surface area contributed by atoms with Crippen LogP contribution in [0.1, 0.15) is 37.8 Å². The van der Waals surface area contributed by atoms with E-state index in [0.29, 0.717) is 5.88 Å². The van der Waals surface area contributed by atoms with E-state index in [1.807, 2.05) is 12.3 Å². The van der Waals surface area contributed by atoms with Crippen molar-refractivity contribution in [2.45, 2.75) is 38.3 Å². The highest BCUT2D eigenvalue weighted by molar-refractivity contribution is 5.22. The van der Waals surface area contributed by atoms with E-state index < -0.39 is 0 Å². The molecule has 2 unspecified atom stereocenters. The van der Waals surface area contributed by atoms with Crippen LogP contribution in [0.15, 0.2) is 18.3 Å². The quantitative estimate of drug-likeness (QED) is 0.889. The van der Waals surface area contributed by atoms with Crippen LogP contribution in [0.3, 0.4) is 0 Å². The number of ether oxygens (including phenoxy) is 1. The number of methoxy groups -OCH3 is 1. The largest absolute Gasteiger partial charge is 0.481 e. The van der Waals surface area contributed by atoms with Crippen molar-refractivity contribution in [3.8, 4) is 5.88 Å². The monoisotopic (exact) mass is 249 g/mol. The van der Waals surface area contributed by atoms with Crippen molar-refractivity contribution in [2.24, 2.45) is 5.73 Å². The van der Waals surface area contributed by atoms with Gasteiger partial charge in [-0.2, -0.15) is 0 Å². The molecule has 1 saturated heterocycles. The van der Waals surface area contributed by atoms with Gasteiger partial charge in [-0.25, -0.2) is 4.98 Å². The van der Waals surface area contributed by atoms with Gasteiger partial charge in [0.25, 0.3) is 0 Å². The molecule has 4 nitrogen and oxygen atoms in total. The number of nitrogens with zero attached hydrogens (tertiary/aromatic N) is 2. The number of nitrogens with two attached hydrogens (primary N) is 1. The Morgan fingerprint density at radius 2 is 2.28 bits per heavy atom. The summed E-state index contributed by atoms with van der Waals surface area (Å²) >= 11 is 0. The summed E-state index contributed by atoms with van der Waals surface area (Å²) in [6.07, 6.45) is 5.45. The number of likely N-dealkylation sites (tertiary alicyclic amines) is 1. The lowest BCUT2D eigenvalue weighted by atomic mass is 9.98. The lowest BCUT2D eigenvalue weighted by Gasteiger charge is -2.32. The molecular formula is C14H23N3O. The van der Waals surface area contributed by atoms with Crippen LogP contribution in [0.5, 0.6) is 5.88 Å². The van der Waals surface area contributed by atoms with Crippen LogP contribution < -0.4 is 10.5 Å². The van der Waals surface area contributed by atoms with Gasteiger partial charge in [-0.15, -0.1) is 0 Å². The van der Waals surface area contributed by atoms with Crippen molar-refractivity contribution < 1.29 is 4.74 Å². The summed E-state index contributed by atoms with van der Waals surface area (Å²) in [7, 11) is 1.64. The van der Waals surface area contributed by atoms with Crippen molar-refractivity contribution in [3.63, 3.8) is 0 Å². The number of rotatable bonds is 3. The van der Waals surface area contributed by atoms with E-state index in [-0.39, 0.29) is 12.1 Å². The minimum Gasteiger partial charge on any atom is -0.481 e. The molecule has 1 aliphatic heterocycles. The fraction of sp³-hybridized carbons (Fsp3) is 0.643. The molecule has 0 aliphatic carbocycles. The minimum absolute atomic E-state index is 0.197. The highest BCUT2D eigenvalue weighted by Gasteiger charge is 2.27. The fourth-order valence-corrected chi connectivity index (χ4v) is 2.76. The van der Waals surface area contributed by atoms with Crippen molar-refractivity contribution >= 4 is 0 Å². The molecule has 0 bridgehead atoms. The molecule has 2 atom stereocenters. The third-order valence-electron chi connectivity index (χ3n) is 3.75. The maximum Gasteiger partial charge on any atom is 0.212 e. The maximum atomic E-state index is 6.35. The molecule has 1 aromatic heterocycles. The first kappa shape index (κ1) is 13.3. The minimum atomic E-state index is 0.197. The Labute approximate surface area is 109 Å². The molecule has 0 spiro atoms. The lowest BCUT2D eigenvalue weighted by molar-refractivity contribution is 0.195. The van der Waals surface area contributed by atoms with Crippen LogP contribution in [0.2, 0.25) is 0 Å². The smallest absolute Gasteiger partial charge is 0.212 e. The molecule has 0 aromatic carbocycles. The molecule has 100 valence electrons. The number of hydrogen-bond acceptors (Lipinski definition) is 4. The second-order valence-corrected chi connectivity index (χ2v) is 4.87. The first-order chi connectivity index (χ1) is 8.76. The maximum absolute atomic E-state index is 6.35. The highest BCUT2D eigenvalue weighted by atomic mass is 16.5. The normalized spacial score (nSPS) is 25.7. The molecule has 0 saturated carbocycles. The average molecular weight is 249 g/mol. The Balaban J connectivity index is 2.24. The number of aromatic nitrogens is 1. The Morgan fingerprint density at radius 3 is 2.89 bits per heavy atom.